The van der Waals surface area contributed by atoms with Gasteiger partial charge in [-0.1, -0.05) is 18.2 Å². The first-order valence-corrected chi connectivity index (χ1v) is 5.19. The van der Waals surface area contributed by atoms with Gasteiger partial charge in [0.15, 0.2) is 5.78 Å². The number of carbonyl (C=O) groups excluding carboxylic acids is 2. The minimum absolute atomic E-state index is 0.0401. The van der Waals surface area contributed by atoms with Crippen LogP contribution >= 0.6 is 0 Å². The van der Waals surface area contributed by atoms with Crippen molar-refractivity contribution in [3.8, 4) is 0 Å². The SMILES string of the molecule is CC(=O)c1c(C)n(CC=O)c2ccccc12. The largest absolute Gasteiger partial charge is 0.337 e. The number of hydrogen-bond acceptors (Lipinski definition) is 2. The molecule has 0 saturated carbocycles. The molecule has 1 aromatic carbocycles. The van der Waals surface area contributed by atoms with Crippen LogP contribution in [0.3, 0.4) is 0 Å². The number of nitrogens with zero attached hydrogens (tertiary/aromatic N) is 1. The molecule has 0 bridgehead atoms. The van der Waals surface area contributed by atoms with E-state index < -0.39 is 0 Å². The quantitative estimate of drug-likeness (QED) is 0.582. The van der Waals surface area contributed by atoms with Crippen molar-refractivity contribution in [3.63, 3.8) is 0 Å². The summed E-state index contributed by atoms with van der Waals surface area (Å²) in [6.07, 6.45) is 0.851. The second kappa shape index (κ2) is 3.93. The lowest BCUT2D eigenvalue weighted by Crippen LogP contribution is -2.02. The summed E-state index contributed by atoms with van der Waals surface area (Å²) in [6.45, 7) is 3.72. The molecule has 3 nitrogen and oxygen atoms in total. The van der Waals surface area contributed by atoms with E-state index >= 15 is 0 Å². The lowest BCUT2D eigenvalue weighted by Gasteiger charge is -2.02. The predicted octanol–water partition coefficient (Wildman–Crippen LogP) is 2.35. The van der Waals surface area contributed by atoms with E-state index in [4.69, 9.17) is 0 Å². The molecule has 0 aliphatic rings. The number of aldehydes is 1. The molecule has 0 aliphatic heterocycles. The molecule has 3 heteroatoms. The summed E-state index contributed by atoms with van der Waals surface area (Å²) in [7, 11) is 0. The number of aromatic nitrogens is 1. The Kier molecular flexibility index (Phi) is 2.60. The molecule has 0 amide bonds. The molecule has 2 rings (SSSR count). The van der Waals surface area contributed by atoms with Gasteiger partial charge >= 0.3 is 0 Å². The maximum atomic E-state index is 11.6. The Hall–Kier alpha value is -1.90. The van der Waals surface area contributed by atoms with Gasteiger partial charge in [-0.2, -0.15) is 0 Å². The van der Waals surface area contributed by atoms with E-state index in [1.807, 2.05) is 35.8 Å². The van der Waals surface area contributed by atoms with E-state index in [-0.39, 0.29) is 5.78 Å². The predicted molar refractivity (Wildman–Crippen MR) is 62.7 cm³/mol. The Labute approximate surface area is 93.7 Å². The third-order valence-electron chi connectivity index (χ3n) is 2.84. The Bertz CT molecular complexity index is 567. The van der Waals surface area contributed by atoms with Gasteiger partial charge < -0.3 is 9.36 Å². The van der Waals surface area contributed by atoms with Crippen molar-refractivity contribution in [2.24, 2.45) is 0 Å². The van der Waals surface area contributed by atoms with Crippen molar-refractivity contribution < 1.29 is 9.59 Å². The molecule has 0 unspecified atom stereocenters. The first-order chi connectivity index (χ1) is 7.66. The number of benzene rings is 1. The van der Waals surface area contributed by atoms with E-state index in [1.54, 1.807) is 6.92 Å². The number of carbonyl (C=O) groups is 2. The molecular weight excluding hydrogens is 202 g/mol. The van der Waals surface area contributed by atoms with Crippen molar-refractivity contribution in [2.45, 2.75) is 20.4 Å². The van der Waals surface area contributed by atoms with Crippen LogP contribution in [-0.4, -0.2) is 16.6 Å². The Balaban J connectivity index is 2.85. The van der Waals surface area contributed by atoms with Gasteiger partial charge in [0, 0.05) is 22.2 Å². The highest BCUT2D eigenvalue weighted by atomic mass is 16.1. The summed E-state index contributed by atoms with van der Waals surface area (Å²) in [6, 6.07) is 7.66. The third kappa shape index (κ3) is 1.45. The Morgan fingerprint density at radius 2 is 2.06 bits per heavy atom. The molecule has 1 aromatic heterocycles. The van der Waals surface area contributed by atoms with Crippen LogP contribution in [0.4, 0.5) is 0 Å². The smallest absolute Gasteiger partial charge is 0.162 e. The highest BCUT2D eigenvalue weighted by Gasteiger charge is 2.15. The number of para-hydroxylation sites is 1. The lowest BCUT2D eigenvalue weighted by molar-refractivity contribution is -0.108. The van der Waals surface area contributed by atoms with Crippen molar-refractivity contribution in [1.29, 1.82) is 0 Å². The zero-order chi connectivity index (χ0) is 11.7. The van der Waals surface area contributed by atoms with Crippen molar-refractivity contribution in [2.75, 3.05) is 0 Å². The first-order valence-electron chi connectivity index (χ1n) is 5.19. The van der Waals surface area contributed by atoms with Gasteiger partial charge in [0.2, 0.25) is 0 Å². The number of Topliss-reactive ketones (excluding diaryl/α,β-unsaturated/α-hetero) is 1. The molecule has 0 aliphatic carbocycles. The van der Waals surface area contributed by atoms with Crippen LogP contribution in [-0.2, 0) is 11.3 Å². The molecule has 0 fully saturated rings. The average molecular weight is 215 g/mol. The van der Waals surface area contributed by atoms with E-state index in [0.717, 1.165) is 28.4 Å². The van der Waals surface area contributed by atoms with Crippen LogP contribution in [0.15, 0.2) is 24.3 Å². The molecule has 0 spiro atoms. The third-order valence-corrected chi connectivity index (χ3v) is 2.84. The van der Waals surface area contributed by atoms with Crippen molar-refractivity contribution >= 4 is 23.0 Å². The molecule has 1 heterocycles. The van der Waals surface area contributed by atoms with Crippen LogP contribution in [0.25, 0.3) is 10.9 Å². The fraction of sp³-hybridized carbons (Fsp3) is 0.231. The number of rotatable bonds is 3. The molecular formula is C13H13NO2. The zero-order valence-corrected chi connectivity index (χ0v) is 9.36. The lowest BCUT2D eigenvalue weighted by atomic mass is 10.1. The Morgan fingerprint density at radius 3 is 2.69 bits per heavy atom. The Morgan fingerprint density at radius 1 is 1.38 bits per heavy atom. The van der Waals surface area contributed by atoms with Gasteiger partial charge in [-0.25, -0.2) is 0 Å². The van der Waals surface area contributed by atoms with Gasteiger partial charge in [-0.15, -0.1) is 0 Å². The van der Waals surface area contributed by atoms with Crippen molar-refractivity contribution in [3.05, 3.63) is 35.5 Å². The minimum Gasteiger partial charge on any atom is -0.337 e. The second-order valence-electron chi connectivity index (χ2n) is 3.81. The van der Waals surface area contributed by atoms with Gasteiger partial charge in [0.1, 0.15) is 6.29 Å². The van der Waals surface area contributed by atoms with E-state index in [2.05, 4.69) is 0 Å². The fourth-order valence-corrected chi connectivity index (χ4v) is 2.19. The van der Waals surface area contributed by atoms with Crippen LogP contribution < -0.4 is 0 Å². The van der Waals surface area contributed by atoms with Gasteiger partial charge in [-0.05, 0) is 19.9 Å². The van der Waals surface area contributed by atoms with E-state index in [0.29, 0.717) is 6.54 Å². The molecule has 0 atom stereocenters. The number of ketones is 1. The molecule has 0 saturated heterocycles. The summed E-state index contributed by atoms with van der Waals surface area (Å²) in [5.41, 5.74) is 2.52. The maximum Gasteiger partial charge on any atom is 0.162 e. The molecule has 82 valence electrons. The maximum absolute atomic E-state index is 11.6. The average Bonchev–Trinajstić information content (AvgIpc) is 2.53. The van der Waals surface area contributed by atoms with Gasteiger partial charge in [0.25, 0.3) is 0 Å². The zero-order valence-electron chi connectivity index (χ0n) is 9.36. The topological polar surface area (TPSA) is 39.1 Å². The van der Waals surface area contributed by atoms with Crippen LogP contribution in [0, 0.1) is 6.92 Å². The van der Waals surface area contributed by atoms with Gasteiger partial charge in [0.05, 0.1) is 6.54 Å². The van der Waals surface area contributed by atoms with Crippen molar-refractivity contribution in [1.82, 2.24) is 4.57 Å². The summed E-state index contributed by atoms with van der Waals surface area (Å²) in [5, 5.41) is 0.925. The molecule has 16 heavy (non-hydrogen) atoms. The summed E-state index contributed by atoms with van der Waals surface area (Å²) < 4.78 is 1.87. The summed E-state index contributed by atoms with van der Waals surface area (Å²) in [4.78, 5) is 22.2. The van der Waals surface area contributed by atoms with Crippen LogP contribution in [0.1, 0.15) is 23.0 Å². The van der Waals surface area contributed by atoms with E-state index in [1.165, 1.54) is 0 Å². The van der Waals surface area contributed by atoms with Gasteiger partial charge in [-0.3, -0.25) is 4.79 Å². The second-order valence-corrected chi connectivity index (χ2v) is 3.81. The van der Waals surface area contributed by atoms with Crippen LogP contribution in [0.2, 0.25) is 0 Å². The van der Waals surface area contributed by atoms with Crippen LogP contribution in [0.5, 0.6) is 0 Å². The molecule has 0 N–H and O–H groups in total. The first kappa shape index (κ1) is 10.6. The normalized spacial score (nSPS) is 10.6. The highest BCUT2D eigenvalue weighted by molar-refractivity contribution is 6.08. The minimum atomic E-state index is 0.0401. The standard InChI is InChI=1S/C13H13NO2/c1-9-13(10(2)16)11-5-3-4-6-12(11)14(9)7-8-15/h3-6,8H,7H2,1-2H3. The van der Waals surface area contributed by atoms with E-state index in [9.17, 15) is 9.59 Å². The number of hydrogen-bond donors (Lipinski definition) is 0. The number of fused-ring (bicyclic) bond motifs is 1. The monoisotopic (exact) mass is 215 g/mol. The highest BCUT2D eigenvalue weighted by Crippen LogP contribution is 2.25. The summed E-state index contributed by atoms with van der Waals surface area (Å²) >= 11 is 0. The fourth-order valence-electron chi connectivity index (χ4n) is 2.19. The molecule has 0 radical (unpaired) electrons. The molecule has 2 aromatic rings. The summed E-state index contributed by atoms with van der Waals surface area (Å²) in [5.74, 6) is 0.0401.